The van der Waals surface area contributed by atoms with Crippen molar-refractivity contribution in [2.75, 3.05) is 0 Å². The Balaban J connectivity index is 2.61. The SMILES string of the molecule is CCn1c(=O)[nH]c(=O)c2c(C(=O)NC(C)CCC(=O)O)cc(C(C)C)nc21. The first-order valence-electron chi connectivity index (χ1n) is 8.86. The summed E-state index contributed by atoms with van der Waals surface area (Å²) in [5, 5.41) is 11.5. The maximum atomic E-state index is 12.8. The lowest BCUT2D eigenvalue weighted by molar-refractivity contribution is -0.137. The molecule has 0 aliphatic heterocycles. The predicted octanol–water partition coefficient (Wildman–Crippen LogP) is 1.21. The minimum absolute atomic E-state index is 0.0231. The van der Waals surface area contributed by atoms with Crippen LogP contribution in [0.1, 0.15) is 62.5 Å². The van der Waals surface area contributed by atoms with Gasteiger partial charge in [-0.25, -0.2) is 9.78 Å². The maximum Gasteiger partial charge on any atom is 0.329 e. The third-order valence-electron chi connectivity index (χ3n) is 4.29. The Hall–Kier alpha value is -2.97. The summed E-state index contributed by atoms with van der Waals surface area (Å²) in [5.41, 5.74) is -0.386. The standard InChI is InChI=1S/C18H24N4O5/c1-5-22-15-14(17(26)21-18(22)27)11(8-12(20-15)9(2)3)16(25)19-10(4)6-7-13(23)24/h8-10H,5-7H2,1-4H3,(H,19,25)(H,23,24)(H,21,26,27). The van der Waals surface area contributed by atoms with Crippen LogP contribution in [0.4, 0.5) is 0 Å². The van der Waals surface area contributed by atoms with E-state index in [0.717, 1.165) is 0 Å². The molecule has 146 valence electrons. The van der Waals surface area contributed by atoms with E-state index in [1.165, 1.54) is 4.57 Å². The Kier molecular flexibility index (Phi) is 6.14. The average molecular weight is 376 g/mol. The summed E-state index contributed by atoms with van der Waals surface area (Å²) < 4.78 is 1.31. The van der Waals surface area contributed by atoms with Crippen LogP contribution in [-0.4, -0.2) is 37.6 Å². The van der Waals surface area contributed by atoms with Crippen molar-refractivity contribution in [2.24, 2.45) is 0 Å². The van der Waals surface area contributed by atoms with Crippen LogP contribution in [0.3, 0.4) is 0 Å². The molecule has 2 heterocycles. The number of aryl methyl sites for hydroxylation is 1. The highest BCUT2D eigenvalue weighted by atomic mass is 16.4. The predicted molar refractivity (Wildman–Crippen MR) is 100 cm³/mol. The van der Waals surface area contributed by atoms with Crippen LogP contribution in [0.5, 0.6) is 0 Å². The Morgan fingerprint density at radius 1 is 1.30 bits per heavy atom. The number of carbonyl (C=O) groups is 2. The van der Waals surface area contributed by atoms with Gasteiger partial charge in [-0.3, -0.25) is 23.9 Å². The molecule has 9 nitrogen and oxygen atoms in total. The molecule has 0 radical (unpaired) electrons. The van der Waals surface area contributed by atoms with Crippen LogP contribution in [-0.2, 0) is 11.3 Å². The quantitative estimate of drug-likeness (QED) is 0.665. The van der Waals surface area contributed by atoms with Crippen LogP contribution in [0, 0.1) is 0 Å². The van der Waals surface area contributed by atoms with Crippen LogP contribution >= 0.6 is 0 Å². The Morgan fingerprint density at radius 2 is 1.96 bits per heavy atom. The molecule has 1 atom stereocenters. The molecule has 1 unspecified atom stereocenters. The number of pyridine rings is 1. The largest absolute Gasteiger partial charge is 0.481 e. The van der Waals surface area contributed by atoms with E-state index >= 15 is 0 Å². The van der Waals surface area contributed by atoms with Gasteiger partial charge in [0.2, 0.25) is 0 Å². The summed E-state index contributed by atoms with van der Waals surface area (Å²) in [7, 11) is 0. The first-order valence-corrected chi connectivity index (χ1v) is 8.86. The molecule has 2 rings (SSSR count). The van der Waals surface area contributed by atoms with Crippen molar-refractivity contribution < 1.29 is 14.7 Å². The lowest BCUT2D eigenvalue weighted by Gasteiger charge is -2.16. The number of carboxylic acids is 1. The number of nitrogens with one attached hydrogen (secondary N) is 2. The minimum atomic E-state index is -0.948. The van der Waals surface area contributed by atoms with Gasteiger partial charge in [-0.05, 0) is 32.3 Å². The third kappa shape index (κ3) is 4.42. The number of aliphatic carboxylic acids is 1. The monoisotopic (exact) mass is 376 g/mol. The highest BCUT2D eigenvalue weighted by Crippen LogP contribution is 2.20. The first kappa shape index (κ1) is 20.3. The normalized spacial score (nSPS) is 12.3. The van der Waals surface area contributed by atoms with Crippen molar-refractivity contribution in [3.8, 4) is 0 Å². The van der Waals surface area contributed by atoms with Gasteiger partial charge in [0.25, 0.3) is 11.5 Å². The fourth-order valence-electron chi connectivity index (χ4n) is 2.78. The highest BCUT2D eigenvalue weighted by Gasteiger charge is 2.21. The van der Waals surface area contributed by atoms with Crippen LogP contribution < -0.4 is 16.6 Å². The molecular formula is C18H24N4O5. The van der Waals surface area contributed by atoms with Gasteiger partial charge in [-0.15, -0.1) is 0 Å². The number of hydrogen-bond acceptors (Lipinski definition) is 5. The van der Waals surface area contributed by atoms with Crippen molar-refractivity contribution >= 4 is 22.9 Å². The molecule has 0 saturated carbocycles. The molecule has 0 aliphatic rings. The lowest BCUT2D eigenvalue weighted by atomic mass is 10.0. The van der Waals surface area contributed by atoms with E-state index in [1.54, 1.807) is 19.9 Å². The Bertz CT molecular complexity index is 990. The third-order valence-corrected chi connectivity index (χ3v) is 4.29. The number of nitrogens with zero attached hydrogens (tertiary/aromatic N) is 2. The molecule has 0 aliphatic carbocycles. The topological polar surface area (TPSA) is 134 Å². The summed E-state index contributed by atoms with van der Waals surface area (Å²) in [6.45, 7) is 7.52. The molecule has 0 bridgehead atoms. The molecule has 0 fully saturated rings. The molecule has 9 heteroatoms. The Morgan fingerprint density at radius 3 is 2.52 bits per heavy atom. The fourth-order valence-corrected chi connectivity index (χ4v) is 2.78. The molecular weight excluding hydrogens is 352 g/mol. The number of aromatic nitrogens is 3. The van der Waals surface area contributed by atoms with Gasteiger partial charge < -0.3 is 10.4 Å². The maximum absolute atomic E-state index is 12.8. The molecule has 2 aromatic heterocycles. The Labute approximate surface area is 155 Å². The van der Waals surface area contributed by atoms with Gasteiger partial charge in [0.15, 0.2) is 5.65 Å². The van der Waals surface area contributed by atoms with Gasteiger partial charge in [-0.2, -0.15) is 0 Å². The van der Waals surface area contributed by atoms with Gasteiger partial charge in [0, 0.05) is 24.7 Å². The number of aromatic amines is 1. The summed E-state index contributed by atoms with van der Waals surface area (Å²) in [6.07, 6.45) is 0.183. The summed E-state index contributed by atoms with van der Waals surface area (Å²) >= 11 is 0. The van der Waals surface area contributed by atoms with Crippen molar-refractivity contribution in [3.63, 3.8) is 0 Å². The molecule has 0 aromatic carbocycles. The molecule has 1 amide bonds. The number of fused-ring (bicyclic) bond motifs is 1. The van der Waals surface area contributed by atoms with Crippen LogP contribution in [0.2, 0.25) is 0 Å². The number of rotatable bonds is 7. The van der Waals surface area contributed by atoms with Crippen molar-refractivity contribution in [2.45, 2.75) is 59.0 Å². The van der Waals surface area contributed by atoms with E-state index in [1.807, 2.05) is 13.8 Å². The summed E-state index contributed by atoms with van der Waals surface area (Å²) in [4.78, 5) is 54.7. The second-order valence-corrected chi connectivity index (χ2v) is 6.76. The van der Waals surface area contributed by atoms with E-state index in [0.29, 0.717) is 5.69 Å². The zero-order valence-electron chi connectivity index (χ0n) is 15.8. The summed E-state index contributed by atoms with van der Waals surface area (Å²) in [6, 6.07) is 1.15. The number of carbonyl (C=O) groups excluding carboxylic acids is 1. The molecule has 2 aromatic rings. The molecule has 0 spiro atoms. The van der Waals surface area contributed by atoms with Crippen molar-refractivity contribution in [3.05, 3.63) is 38.2 Å². The number of amides is 1. The fraction of sp³-hybridized carbons (Fsp3) is 0.500. The second-order valence-electron chi connectivity index (χ2n) is 6.76. The van der Waals surface area contributed by atoms with Crippen molar-refractivity contribution in [1.82, 2.24) is 19.9 Å². The molecule has 3 N–H and O–H groups in total. The number of carboxylic acid groups (broad SMARTS) is 1. The van der Waals surface area contributed by atoms with Gasteiger partial charge in [0.1, 0.15) is 0 Å². The van der Waals surface area contributed by atoms with E-state index in [9.17, 15) is 19.2 Å². The highest BCUT2D eigenvalue weighted by molar-refractivity contribution is 6.05. The number of hydrogen-bond donors (Lipinski definition) is 3. The van der Waals surface area contributed by atoms with E-state index in [-0.39, 0.29) is 41.9 Å². The second kappa shape index (κ2) is 8.15. The summed E-state index contributed by atoms with van der Waals surface area (Å²) in [5.74, 6) is -1.48. The van der Waals surface area contributed by atoms with Gasteiger partial charge in [-0.1, -0.05) is 13.8 Å². The van der Waals surface area contributed by atoms with Gasteiger partial charge in [0.05, 0.1) is 10.9 Å². The smallest absolute Gasteiger partial charge is 0.329 e. The zero-order valence-corrected chi connectivity index (χ0v) is 15.8. The van der Waals surface area contributed by atoms with Crippen LogP contribution in [0.15, 0.2) is 15.7 Å². The van der Waals surface area contributed by atoms with Gasteiger partial charge >= 0.3 is 11.7 Å². The lowest BCUT2D eigenvalue weighted by Crippen LogP contribution is -2.36. The average Bonchev–Trinajstić information content (AvgIpc) is 2.59. The van der Waals surface area contributed by atoms with Crippen LogP contribution in [0.25, 0.3) is 11.0 Å². The van der Waals surface area contributed by atoms with E-state index < -0.39 is 29.2 Å². The minimum Gasteiger partial charge on any atom is -0.481 e. The van der Waals surface area contributed by atoms with E-state index in [2.05, 4.69) is 15.3 Å². The zero-order chi connectivity index (χ0) is 20.3. The number of H-pyrrole nitrogens is 1. The van der Waals surface area contributed by atoms with E-state index in [4.69, 9.17) is 5.11 Å². The molecule has 0 saturated heterocycles. The molecule has 27 heavy (non-hydrogen) atoms. The van der Waals surface area contributed by atoms with Crippen molar-refractivity contribution in [1.29, 1.82) is 0 Å². The first-order chi connectivity index (χ1) is 12.6.